The zero-order valence-electron chi connectivity index (χ0n) is 11.2. The minimum absolute atomic E-state index is 0.153. The van der Waals surface area contributed by atoms with Gasteiger partial charge in [-0.05, 0) is 44.5 Å². The average molecular weight is 274 g/mol. The lowest BCUT2D eigenvalue weighted by molar-refractivity contribution is 0.303. The van der Waals surface area contributed by atoms with E-state index in [9.17, 15) is 0 Å². The lowest BCUT2D eigenvalue weighted by Crippen LogP contribution is -2.18. The van der Waals surface area contributed by atoms with Crippen molar-refractivity contribution >= 4 is 11.3 Å². The summed E-state index contributed by atoms with van der Waals surface area (Å²) in [5.74, 6) is 0.968. The van der Waals surface area contributed by atoms with Crippen molar-refractivity contribution in [3.05, 3.63) is 45.9 Å². The fourth-order valence-electron chi connectivity index (χ4n) is 2.12. The molecule has 0 spiro atoms. The summed E-state index contributed by atoms with van der Waals surface area (Å²) in [6.45, 7) is 2.04. The van der Waals surface area contributed by atoms with Gasteiger partial charge in [0.25, 0.3) is 0 Å². The van der Waals surface area contributed by atoms with Crippen molar-refractivity contribution in [1.82, 2.24) is 10.3 Å². The van der Waals surface area contributed by atoms with Gasteiger partial charge >= 0.3 is 0 Å². The lowest BCUT2D eigenvalue weighted by atomic mass is 10.0. The maximum Gasteiger partial charge on any atom is 0.119 e. The van der Waals surface area contributed by atoms with Crippen molar-refractivity contribution < 1.29 is 4.74 Å². The van der Waals surface area contributed by atoms with Gasteiger partial charge in [-0.3, -0.25) is 0 Å². The predicted molar refractivity (Wildman–Crippen MR) is 77.8 cm³/mol. The van der Waals surface area contributed by atoms with Gasteiger partial charge < -0.3 is 10.1 Å². The van der Waals surface area contributed by atoms with Gasteiger partial charge in [0, 0.05) is 5.38 Å². The van der Waals surface area contributed by atoms with Crippen molar-refractivity contribution in [3.8, 4) is 5.75 Å². The summed E-state index contributed by atoms with van der Waals surface area (Å²) < 4.78 is 5.77. The standard InChI is InChI=1S/C15H18N2OS/c1-10-17-14(9-19-10)15(16-2)11-3-5-12(6-4-11)18-13-7-8-13/h3-6,9,13,15-16H,7-8H2,1-2H3. The van der Waals surface area contributed by atoms with E-state index in [1.807, 2.05) is 14.0 Å². The zero-order valence-corrected chi connectivity index (χ0v) is 12.0. The van der Waals surface area contributed by atoms with Crippen LogP contribution in [0.15, 0.2) is 29.6 Å². The minimum Gasteiger partial charge on any atom is -0.490 e. The van der Waals surface area contributed by atoms with Crippen LogP contribution in [0, 0.1) is 6.92 Å². The second-order valence-corrected chi connectivity index (χ2v) is 5.96. The van der Waals surface area contributed by atoms with Crippen molar-refractivity contribution in [2.45, 2.75) is 31.9 Å². The van der Waals surface area contributed by atoms with Gasteiger partial charge in [0.05, 0.1) is 22.8 Å². The van der Waals surface area contributed by atoms with Crippen LogP contribution in [-0.4, -0.2) is 18.1 Å². The molecule has 100 valence electrons. The van der Waals surface area contributed by atoms with E-state index in [4.69, 9.17) is 4.74 Å². The lowest BCUT2D eigenvalue weighted by Gasteiger charge is -2.15. The zero-order chi connectivity index (χ0) is 13.2. The fourth-order valence-corrected chi connectivity index (χ4v) is 2.75. The van der Waals surface area contributed by atoms with Crippen LogP contribution < -0.4 is 10.1 Å². The number of aryl methyl sites for hydroxylation is 1. The third-order valence-corrected chi connectivity index (χ3v) is 4.05. The number of aromatic nitrogens is 1. The van der Waals surface area contributed by atoms with Crippen LogP contribution in [0.5, 0.6) is 5.75 Å². The van der Waals surface area contributed by atoms with Crippen LogP contribution in [0.25, 0.3) is 0 Å². The van der Waals surface area contributed by atoms with Crippen LogP contribution >= 0.6 is 11.3 Å². The van der Waals surface area contributed by atoms with E-state index in [1.54, 1.807) is 11.3 Å². The Labute approximate surface area is 117 Å². The van der Waals surface area contributed by atoms with Gasteiger partial charge in [-0.1, -0.05) is 12.1 Å². The molecule has 1 aromatic heterocycles. The Hall–Kier alpha value is -1.39. The predicted octanol–water partition coefficient (Wildman–Crippen LogP) is 3.30. The van der Waals surface area contributed by atoms with Crippen molar-refractivity contribution in [2.75, 3.05) is 7.05 Å². The van der Waals surface area contributed by atoms with E-state index in [-0.39, 0.29) is 6.04 Å². The smallest absolute Gasteiger partial charge is 0.119 e. The third-order valence-electron chi connectivity index (χ3n) is 3.26. The molecule has 1 aliphatic carbocycles. The molecule has 2 aromatic rings. The van der Waals surface area contributed by atoms with E-state index < -0.39 is 0 Å². The summed E-state index contributed by atoms with van der Waals surface area (Å²) >= 11 is 1.69. The van der Waals surface area contributed by atoms with Crippen LogP contribution in [0.3, 0.4) is 0 Å². The van der Waals surface area contributed by atoms with Crippen LogP contribution in [0.1, 0.15) is 35.1 Å². The Bertz CT molecular complexity index is 546. The van der Waals surface area contributed by atoms with Crippen LogP contribution in [0.2, 0.25) is 0 Å². The number of ether oxygens (including phenoxy) is 1. The molecular formula is C15H18N2OS. The first kappa shape index (κ1) is 12.6. The molecule has 0 bridgehead atoms. The number of nitrogens with one attached hydrogen (secondary N) is 1. The second-order valence-electron chi connectivity index (χ2n) is 4.90. The van der Waals surface area contributed by atoms with Gasteiger partial charge in [-0.25, -0.2) is 4.98 Å². The van der Waals surface area contributed by atoms with Gasteiger partial charge in [0.15, 0.2) is 0 Å². The molecule has 1 heterocycles. The molecular weight excluding hydrogens is 256 g/mol. The first-order valence-corrected chi connectivity index (χ1v) is 7.50. The fraction of sp³-hybridized carbons (Fsp3) is 0.400. The first-order valence-electron chi connectivity index (χ1n) is 6.62. The highest BCUT2D eigenvalue weighted by atomic mass is 32.1. The van der Waals surface area contributed by atoms with E-state index in [1.165, 1.54) is 18.4 Å². The maximum absolute atomic E-state index is 5.77. The molecule has 1 unspecified atom stereocenters. The number of benzene rings is 1. The molecule has 0 saturated heterocycles. The molecule has 0 amide bonds. The summed E-state index contributed by atoms with van der Waals surface area (Å²) in [7, 11) is 1.97. The molecule has 3 nitrogen and oxygen atoms in total. The SMILES string of the molecule is CNC(c1ccc(OC2CC2)cc1)c1csc(C)n1. The van der Waals surface area contributed by atoms with E-state index in [2.05, 4.69) is 39.9 Å². The van der Waals surface area contributed by atoms with Gasteiger partial charge in [0.1, 0.15) is 5.75 Å². The molecule has 4 heteroatoms. The second kappa shape index (κ2) is 5.31. The monoisotopic (exact) mass is 274 g/mol. The normalized spacial score (nSPS) is 16.3. The Balaban J connectivity index is 1.78. The number of rotatable bonds is 5. The van der Waals surface area contributed by atoms with Crippen LogP contribution in [0.4, 0.5) is 0 Å². The molecule has 1 fully saturated rings. The first-order chi connectivity index (χ1) is 9.26. The highest BCUT2D eigenvalue weighted by Gasteiger charge is 2.23. The van der Waals surface area contributed by atoms with E-state index in [0.717, 1.165) is 16.5 Å². The molecule has 3 rings (SSSR count). The number of hydrogen-bond acceptors (Lipinski definition) is 4. The van der Waals surface area contributed by atoms with E-state index in [0.29, 0.717) is 6.10 Å². The highest BCUT2D eigenvalue weighted by Crippen LogP contribution is 2.29. The summed E-state index contributed by atoms with van der Waals surface area (Å²) in [6, 6.07) is 8.50. The molecule has 0 radical (unpaired) electrons. The largest absolute Gasteiger partial charge is 0.490 e. The van der Waals surface area contributed by atoms with Gasteiger partial charge in [-0.15, -0.1) is 11.3 Å². The number of hydrogen-bond donors (Lipinski definition) is 1. The van der Waals surface area contributed by atoms with Crippen LogP contribution in [-0.2, 0) is 0 Å². The molecule has 1 saturated carbocycles. The molecule has 1 atom stereocenters. The average Bonchev–Trinajstić information content (AvgIpc) is 3.13. The minimum atomic E-state index is 0.153. The summed E-state index contributed by atoms with van der Waals surface area (Å²) in [5, 5.41) is 6.54. The summed E-state index contributed by atoms with van der Waals surface area (Å²) in [4.78, 5) is 4.56. The topological polar surface area (TPSA) is 34.1 Å². The third kappa shape index (κ3) is 2.96. The summed E-state index contributed by atoms with van der Waals surface area (Å²) in [5.41, 5.74) is 2.30. The van der Waals surface area contributed by atoms with Crippen molar-refractivity contribution in [3.63, 3.8) is 0 Å². The summed E-state index contributed by atoms with van der Waals surface area (Å²) in [6.07, 6.45) is 2.84. The quantitative estimate of drug-likeness (QED) is 0.908. The molecule has 1 aliphatic rings. The van der Waals surface area contributed by atoms with E-state index >= 15 is 0 Å². The maximum atomic E-state index is 5.77. The Morgan fingerprint density at radius 3 is 2.58 bits per heavy atom. The Kier molecular flexibility index (Phi) is 3.53. The molecule has 1 N–H and O–H groups in total. The number of thiazole rings is 1. The number of nitrogens with zero attached hydrogens (tertiary/aromatic N) is 1. The van der Waals surface area contributed by atoms with Gasteiger partial charge in [0.2, 0.25) is 0 Å². The van der Waals surface area contributed by atoms with Crippen molar-refractivity contribution in [2.24, 2.45) is 0 Å². The Morgan fingerprint density at radius 1 is 1.32 bits per heavy atom. The molecule has 19 heavy (non-hydrogen) atoms. The Morgan fingerprint density at radius 2 is 2.05 bits per heavy atom. The molecule has 0 aliphatic heterocycles. The molecule has 1 aromatic carbocycles. The highest BCUT2D eigenvalue weighted by molar-refractivity contribution is 7.09. The van der Waals surface area contributed by atoms with Gasteiger partial charge in [-0.2, -0.15) is 0 Å². The van der Waals surface area contributed by atoms with Crippen molar-refractivity contribution in [1.29, 1.82) is 0 Å².